The Labute approximate surface area is 107 Å². The molecule has 2 rings (SSSR count). The van der Waals surface area contributed by atoms with E-state index in [1.165, 1.54) is 32.1 Å². The van der Waals surface area contributed by atoms with Crippen LogP contribution < -0.4 is 4.74 Å². The highest BCUT2D eigenvalue weighted by atomic mass is 19.1. The zero-order valence-corrected chi connectivity index (χ0v) is 10.6. The monoisotopic (exact) mass is 251 g/mol. The molecular formula is C14H18FNO2. The largest absolute Gasteiger partial charge is 0.494 e. The van der Waals surface area contributed by atoms with Gasteiger partial charge in [0, 0.05) is 18.7 Å². The lowest BCUT2D eigenvalue weighted by Gasteiger charge is -2.20. The minimum atomic E-state index is -0.488. The van der Waals surface area contributed by atoms with Gasteiger partial charge in [0.25, 0.3) is 5.91 Å². The molecule has 0 saturated carbocycles. The summed E-state index contributed by atoms with van der Waals surface area (Å²) in [5.74, 6) is -0.404. The maximum atomic E-state index is 13.6. The third kappa shape index (κ3) is 2.81. The lowest BCUT2D eigenvalue weighted by molar-refractivity contribution is 0.0761. The first-order valence-electron chi connectivity index (χ1n) is 6.35. The van der Waals surface area contributed by atoms with Crippen LogP contribution in [-0.4, -0.2) is 31.0 Å². The number of methoxy groups -OCH3 is 1. The molecule has 0 bridgehead atoms. The predicted molar refractivity (Wildman–Crippen MR) is 67.3 cm³/mol. The number of carbonyl (C=O) groups excluding carboxylic acids is 1. The van der Waals surface area contributed by atoms with Gasteiger partial charge in [-0.25, -0.2) is 4.39 Å². The van der Waals surface area contributed by atoms with Crippen molar-refractivity contribution in [3.8, 4) is 5.75 Å². The SMILES string of the molecule is COc1ccc(C(=O)N2CCCCCC2)cc1F. The van der Waals surface area contributed by atoms with Crippen LogP contribution in [0.1, 0.15) is 36.0 Å². The van der Waals surface area contributed by atoms with Crippen molar-refractivity contribution in [3.05, 3.63) is 29.6 Å². The van der Waals surface area contributed by atoms with Crippen molar-refractivity contribution >= 4 is 5.91 Å². The Morgan fingerprint density at radius 1 is 1.22 bits per heavy atom. The van der Waals surface area contributed by atoms with Gasteiger partial charge in [0.05, 0.1) is 7.11 Å². The molecule has 0 spiro atoms. The summed E-state index contributed by atoms with van der Waals surface area (Å²) in [4.78, 5) is 14.0. The summed E-state index contributed by atoms with van der Waals surface area (Å²) in [6.45, 7) is 1.54. The van der Waals surface area contributed by atoms with Gasteiger partial charge in [0.2, 0.25) is 0 Å². The molecule has 1 aliphatic heterocycles. The summed E-state index contributed by atoms with van der Waals surface area (Å²) < 4.78 is 18.4. The van der Waals surface area contributed by atoms with E-state index in [1.807, 2.05) is 4.90 Å². The Morgan fingerprint density at radius 3 is 2.44 bits per heavy atom. The Hall–Kier alpha value is -1.58. The van der Waals surface area contributed by atoms with E-state index < -0.39 is 5.82 Å². The fraction of sp³-hybridized carbons (Fsp3) is 0.500. The zero-order chi connectivity index (χ0) is 13.0. The molecule has 1 fully saturated rings. The number of hydrogen-bond acceptors (Lipinski definition) is 2. The molecule has 0 unspecified atom stereocenters. The molecule has 0 aromatic heterocycles. The molecule has 98 valence electrons. The Kier molecular flexibility index (Phi) is 4.18. The molecule has 1 amide bonds. The molecule has 3 nitrogen and oxygen atoms in total. The Balaban J connectivity index is 2.14. The second kappa shape index (κ2) is 5.85. The fourth-order valence-corrected chi connectivity index (χ4v) is 2.26. The first kappa shape index (κ1) is 12.9. The zero-order valence-electron chi connectivity index (χ0n) is 10.6. The fourth-order valence-electron chi connectivity index (χ4n) is 2.26. The van der Waals surface area contributed by atoms with Crippen molar-refractivity contribution in [3.63, 3.8) is 0 Å². The number of amides is 1. The summed E-state index contributed by atoms with van der Waals surface area (Å²) in [5, 5.41) is 0. The van der Waals surface area contributed by atoms with Gasteiger partial charge < -0.3 is 9.64 Å². The van der Waals surface area contributed by atoms with Gasteiger partial charge in [-0.1, -0.05) is 12.8 Å². The second-order valence-corrected chi connectivity index (χ2v) is 4.56. The van der Waals surface area contributed by atoms with E-state index in [-0.39, 0.29) is 11.7 Å². The molecule has 1 heterocycles. The molecule has 0 radical (unpaired) electrons. The topological polar surface area (TPSA) is 29.5 Å². The van der Waals surface area contributed by atoms with Crippen LogP contribution in [-0.2, 0) is 0 Å². The summed E-state index contributed by atoms with van der Waals surface area (Å²) in [5.41, 5.74) is 0.398. The minimum absolute atomic E-state index is 0.0848. The van der Waals surface area contributed by atoms with Crippen LogP contribution in [0.4, 0.5) is 4.39 Å². The molecule has 1 saturated heterocycles. The first-order chi connectivity index (χ1) is 8.72. The molecule has 18 heavy (non-hydrogen) atoms. The lowest BCUT2D eigenvalue weighted by atomic mass is 10.1. The van der Waals surface area contributed by atoms with E-state index >= 15 is 0 Å². The van der Waals surface area contributed by atoms with Gasteiger partial charge in [-0.3, -0.25) is 4.79 Å². The van der Waals surface area contributed by atoms with Crippen molar-refractivity contribution in [1.82, 2.24) is 4.90 Å². The van der Waals surface area contributed by atoms with Gasteiger partial charge in [0.15, 0.2) is 11.6 Å². The summed E-state index contributed by atoms with van der Waals surface area (Å²) in [6.07, 6.45) is 4.40. The minimum Gasteiger partial charge on any atom is -0.494 e. The van der Waals surface area contributed by atoms with Gasteiger partial charge in [0.1, 0.15) is 0 Å². The number of nitrogens with zero attached hydrogens (tertiary/aromatic N) is 1. The normalized spacial score (nSPS) is 16.2. The van der Waals surface area contributed by atoms with E-state index in [1.54, 1.807) is 6.07 Å². The van der Waals surface area contributed by atoms with Crippen LogP contribution in [0.2, 0.25) is 0 Å². The van der Waals surface area contributed by atoms with Crippen LogP contribution in [0.3, 0.4) is 0 Å². The van der Waals surface area contributed by atoms with E-state index in [9.17, 15) is 9.18 Å². The van der Waals surface area contributed by atoms with Crippen LogP contribution in [0, 0.1) is 5.82 Å². The Bertz CT molecular complexity index is 426. The van der Waals surface area contributed by atoms with Gasteiger partial charge in [-0.2, -0.15) is 0 Å². The Morgan fingerprint density at radius 2 is 1.89 bits per heavy atom. The van der Waals surface area contributed by atoms with Crippen molar-refractivity contribution in [2.45, 2.75) is 25.7 Å². The summed E-state index contributed by atoms with van der Waals surface area (Å²) in [6, 6.07) is 4.38. The highest BCUT2D eigenvalue weighted by Crippen LogP contribution is 2.20. The lowest BCUT2D eigenvalue weighted by Crippen LogP contribution is -2.31. The predicted octanol–water partition coefficient (Wildman–Crippen LogP) is 2.85. The van der Waals surface area contributed by atoms with Gasteiger partial charge in [-0.05, 0) is 31.0 Å². The maximum Gasteiger partial charge on any atom is 0.253 e. The maximum absolute atomic E-state index is 13.6. The van der Waals surface area contributed by atoms with Gasteiger partial charge in [-0.15, -0.1) is 0 Å². The number of ether oxygens (including phenoxy) is 1. The number of halogens is 1. The highest BCUT2D eigenvalue weighted by Gasteiger charge is 2.18. The standard InChI is InChI=1S/C14H18FNO2/c1-18-13-7-6-11(10-12(13)15)14(17)16-8-4-2-3-5-9-16/h6-7,10H,2-5,8-9H2,1H3. The number of carbonyl (C=O) groups is 1. The quantitative estimate of drug-likeness (QED) is 0.809. The molecule has 0 aliphatic carbocycles. The second-order valence-electron chi connectivity index (χ2n) is 4.56. The van der Waals surface area contributed by atoms with E-state index in [0.717, 1.165) is 25.9 Å². The van der Waals surface area contributed by atoms with Crippen LogP contribution in [0.25, 0.3) is 0 Å². The molecule has 1 aromatic carbocycles. The van der Waals surface area contributed by atoms with E-state index in [0.29, 0.717) is 5.56 Å². The molecule has 0 N–H and O–H groups in total. The smallest absolute Gasteiger partial charge is 0.253 e. The number of benzene rings is 1. The van der Waals surface area contributed by atoms with Crippen LogP contribution in [0.5, 0.6) is 5.75 Å². The van der Waals surface area contributed by atoms with Crippen molar-refractivity contribution in [1.29, 1.82) is 0 Å². The van der Waals surface area contributed by atoms with Crippen molar-refractivity contribution in [2.75, 3.05) is 20.2 Å². The molecule has 4 heteroatoms. The van der Waals surface area contributed by atoms with Crippen molar-refractivity contribution in [2.24, 2.45) is 0 Å². The summed E-state index contributed by atoms with van der Waals surface area (Å²) in [7, 11) is 1.41. The number of likely N-dealkylation sites (tertiary alicyclic amines) is 1. The highest BCUT2D eigenvalue weighted by molar-refractivity contribution is 5.94. The molecule has 1 aromatic rings. The van der Waals surface area contributed by atoms with Gasteiger partial charge >= 0.3 is 0 Å². The third-order valence-electron chi connectivity index (χ3n) is 3.29. The molecular weight excluding hydrogens is 233 g/mol. The third-order valence-corrected chi connectivity index (χ3v) is 3.29. The van der Waals surface area contributed by atoms with Crippen LogP contribution >= 0.6 is 0 Å². The van der Waals surface area contributed by atoms with Crippen LogP contribution in [0.15, 0.2) is 18.2 Å². The van der Waals surface area contributed by atoms with E-state index in [4.69, 9.17) is 4.74 Å². The summed E-state index contributed by atoms with van der Waals surface area (Å²) >= 11 is 0. The number of hydrogen-bond donors (Lipinski definition) is 0. The van der Waals surface area contributed by atoms with E-state index in [2.05, 4.69) is 0 Å². The van der Waals surface area contributed by atoms with Crippen molar-refractivity contribution < 1.29 is 13.9 Å². The first-order valence-corrected chi connectivity index (χ1v) is 6.35. The molecule has 0 atom stereocenters. The average molecular weight is 251 g/mol. The average Bonchev–Trinajstić information content (AvgIpc) is 2.66. The molecule has 1 aliphatic rings. The number of rotatable bonds is 2.